The van der Waals surface area contributed by atoms with Gasteiger partial charge in [-0.2, -0.15) is 0 Å². The van der Waals surface area contributed by atoms with Gasteiger partial charge in [0.25, 0.3) is 0 Å². The summed E-state index contributed by atoms with van der Waals surface area (Å²) in [6, 6.07) is 8.21. The van der Waals surface area contributed by atoms with Crippen molar-refractivity contribution in [2.45, 2.75) is 27.2 Å². The number of hydrogen-bond donors (Lipinski definition) is 1. The number of benzene rings is 1. The van der Waals surface area contributed by atoms with E-state index in [-0.39, 0.29) is 0 Å². The third-order valence-electron chi connectivity index (χ3n) is 2.99. The molecular formula is C16H22N2O. The third-order valence-corrected chi connectivity index (χ3v) is 2.99. The molecule has 0 unspecified atom stereocenters. The molecule has 19 heavy (non-hydrogen) atoms. The number of nitrogens with two attached hydrogens (primary N) is 1. The Kier molecular flexibility index (Phi) is 4.38. The van der Waals surface area contributed by atoms with E-state index in [0.29, 0.717) is 12.5 Å². The maximum atomic E-state index is 5.78. The molecule has 1 aromatic heterocycles. The lowest BCUT2D eigenvalue weighted by atomic mass is 10.0. The van der Waals surface area contributed by atoms with Gasteiger partial charge < -0.3 is 10.5 Å². The van der Waals surface area contributed by atoms with Crippen LogP contribution in [0.2, 0.25) is 0 Å². The first-order valence-electron chi connectivity index (χ1n) is 6.83. The first kappa shape index (κ1) is 13.8. The molecule has 0 radical (unpaired) electrons. The van der Waals surface area contributed by atoms with Gasteiger partial charge >= 0.3 is 0 Å². The molecule has 2 N–H and O–H groups in total. The fraction of sp³-hybridized carbons (Fsp3) is 0.438. The first-order valence-corrected chi connectivity index (χ1v) is 6.83. The van der Waals surface area contributed by atoms with Gasteiger partial charge in [0.1, 0.15) is 5.75 Å². The molecule has 2 rings (SSSR count). The molecule has 0 aliphatic heterocycles. The van der Waals surface area contributed by atoms with Gasteiger partial charge in [-0.3, -0.25) is 4.98 Å². The number of rotatable bonds is 5. The number of aryl methyl sites for hydroxylation is 1. The SMILES string of the molecule is Cc1cc(CCN)c2cc(OCC(C)C)ccc2n1. The average Bonchev–Trinajstić information content (AvgIpc) is 2.36. The van der Waals surface area contributed by atoms with Crippen LogP contribution >= 0.6 is 0 Å². The van der Waals surface area contributed by atoms with Gasteiger partial charge in [-0.1, -0.05) is 13.8 Å². The van der Waals surface area contributed by atoms with Crippen molar-refractivity contribution in [3.05, 3.63) is 35.5 Å². The van der Waals surface area contributed by atoms with Crippen LogP contribution in [0, 0.1) is 12.8 Å². The summed E-state index contributed by atoms with van der Waals surface area (Å²) in [5.41, 5.74) is 8.98. The van der Waals surface area contributed by atoms with Gasteiger partial charge in [-0.25, -0.2) is 0 Å². The first-order chi connectivity index (χ1) is 9.10. The van der Waals surface area contributed by atoms with Gasteiger partial charge in [-0.05, 0) is 55.6 Å². The average molecular weight is 258 g/mol. The summed E-state index contributed by atoms with van der Waals surface area (Å²) in [5, 5.41) is 1.15. The van der Waals surface area contributed by atoms with Crippen LogP contribution in [-0.4, -0.2) is 18.1 Å². The Morgan fingerprint density at radius 2 is 2.05 bits per heavy atom. The number of aromatic nitrogens is 1. The Morgan fingerprint density at radius 3 is 2.74 bits per heavy atom. The third kappa shape index (κ3) is 3.44. The van der Waals surface area contributed by atoms with E-state index >= 15 is 0 Å². The number of pyridine rings is 1. The summed E-state index contributed by atoms with van der Waals surface area (Å²) in [6.07, 6.45) is 0.869. The van der Waals surface area contributed by atoms with Crippen molar-refractivity contribution < 1.29 is 4.74 Å². The van der Waals surface area contributed by atoms with Crippen LogP contribution in [-0.2, 0) is 6.42 Å². The van der Waals surface area contributed by atoms with E-state index in [1.165, 1.54) is 5.56 Å². The number of hydrogen-bond acceptors (Lipinski definition) is 3. The minimum Gasteiger partial charge on any atom is -0.493 e. The molecule has 0 bridgehead atoms. The van der Waals surface area contributed by atoms with Crippen LogP contribution in [0.5, 0.6) is 5.75 Å². The Morgan fingerprint density at radius 1 is 1.26 bits per heavy atom. The van der Waals surface area contributed by atoms with Crippen LogP contribution < -0.4 is 10.5 Å². The predicted molar refractivity (Wildman–Crippen MR) is 79.6 cm³/mol. The quantitative estimate of drug-likeness (QED) is 0.896. The molecule has 0 amide bonds. The lowest BCUT2D eigenvalue weighted by molar-refractivity contribution is 0.271. The minimum atomic E-state index is 0.523. The summed E-state index contributed by atoms with van der Waals surface area (Å²) in [4.78, 5) is 4.56. The highest BCUT2D eigenvalue weighted by Gasteiger charge is 2.06. The van der Waals surface area contributed by atoms with Crippen molar-refractivity contribution >= 4 is 10.9 Å². The smallest absolute Gasteiger partial charge is 0.120 e. The molecule has 0 saturated heterocycles. The van der Waals surface area contributed by atoms with Gasteiger partial charge in [-0.15, -0.1) is 0 Å². The Hall–Kier alpha value is -1.61. The highest BCUT2D eigenvalue weighted by molar-refractivity contribution is 5.84. The van der Waals surface area contributed by atoms with Crippen molar-refractivity contribution in [1.82, 2.24) is 4.98 Å². The van der Waals surface area contributed by atoms with Gasteiger partial charge in [0.2, 0.25) is 0 Å². The van der Waals surface area contributed by atoms with Crippen molar-refractivity contribution in [3.8, 4) is 5.75 Å². The van der Waals surface area contributed by atoms with Gasteiger partial charge in [0.15, 0.2) is 0 Å². The van der Waals surface area contributed by atoms with Gasteiger partial charge in [0, 0.05) is 11.1 Å². The second-order valence-electron chi connectivity index (χ2n) is 5.35. The molecule has 0 aliphatic carbocycles. The molecule has 1 aromatic carbocycles. The summed E-state index contributed by atoms with van der Waals surface area (Å²) in [7, 11) is 0. The highest BCUT2D eigenvalue weighted by Crippen LogP contribution is 2.24. The van der Waals surface area contributed by atoms with Crippen molar-refractivity contribution in [2.24, 2.45) is 11.7 Å². The zero-order chi connectivity index (χ0) is 13.8. The monoisotopic (exact) mass is 258 g/mol. The zero-order valence-electron chi connectivity index (χ0n) is 11.9. The van der Waals surface area contributed by atoms with E-state index in [1.807, 2.05) is 19.1 Å². The lowest BCUT2D eigenvalue weighted by Crippen LogP contribution is -2.06. The molecular weight excluding hydrogens is 236 g/mol. The van der Waals surface area contributed by atoms with Crippen LogP contribution in [0.25, 0.3) is 10.9 Å². The van der Waals surface area contributed by atoms with Gasteiger partial charge in [0.05, 0.1) is 12.1 Å². The maximum Gasteiger partial charge on any atom is 0.120 e. The standard InChI is InChI=1S/C16H22N2O/c1-11(2)10-19-14-4-5-16-15(9-14)13(6-7-17)8-12(3)18-16/h4-5,8-9,11H,6-7,10,17H2,1-3H3. The normalized spacial score (nSPS) is 11.2. The van der Waals surface area contributed by atoms with Crippen LogP contribution in [0.3, 0.4) is 0 Å². The van der Waals surface area contributed by atoms with E-state index in [2.05, 4.69) is 31.0 Å². The van der Waals surface area contributed by atoms with Crippen LogP contribution in [0.4, 0.5) is 0 Å². The maximum absolute atomic E-state index is 5.78. The van der Waals surface area contributed by atoms with Crippen LogP contribution in [0.15, 0.2) is 24.3 Å². The lowest BCUT2D eigenvalue weighted by Gasteiger charge is -2.11. The minimum absolute atomic E-state index is 0.523. The summed E-state index contributed by atoms with van der Waals surface area (Å²) >= 11 is 0. The second-order valence-corrected chi connectivity index (χ2v) is 5.35. The second kappa shape index (κ2) is 6.02. The molecule has 0 aliphatic rings. The fourth-order valence-electron chi connectivity index (χ4n) is 2.14. The highest BCUT2D eigenvalue weighted by atomic mass is 16.5. The summed E-state index contributed by atoms with van der Waals surface area (Å²) in [5.74, 6) is 1.43. The van der Waals surface area contributed by atoms with Crippen molar-refractivity contribution in [2.75, 3.05) is 13.2 Å². The predicted octanol–water partition coefficient (Wildman–Crippen LogP) is 3.08. The molecule has 0 spiro atoms. The van der Waals surface area contributed by atoms with Crippen molar-refractivity contribution in [3.63, 3.8) is 0 Å². The Balaban J connectivity index is 2.39. The van der Waals surface area contributed by atoms with E-state index in [1.54, 1.807) is 0 Å². The number of ether oxygens (including phenoxy) is 1. The molecule has 0 atom stereocenters. The molecule has 3 nitrogen and oxygen atoms in total. The van der Waals surface area contributed by atoms with Crippen LogP contribution in [0.1, 0.15) is 25.1 Å². The molecule has 102 valence electrons. The molecule has 2 aromatic rings. The Labute approximate surface area is 114 Å². The molecule has 0 fully saturated rings. The number of fused-ring (bicyclic) bond motifs is 1. The van der Waals surface area contributed by atoms with E-state index in [4.69, 9.17) is 10.5 Å². The molecule has 3 heteroatoms. The number of nitrogens with zero attached hydrogens (tertiary/aromatic N) is 1. The van der Waals surface area contributed by atoms with E-state index in [9.17, 15) is 0 Å². The van der Waals surface area contributed by atoms with E-state index < -0.39 is 0 Å². The Bertz CT molecular complexity index is 564. The molecule has 1 heterocycles. The summed E-state index contributed by atoms with van der Waals surface area (Å²) < 4.78 is 5.78. The largest absolute Gasteiger partial charge is 0.493 e. The van der Waals surface area contributed by atoms with E-state index in [0.717, 1.165) is 35.4 Å². The fourth-order valence-corrected chi connectivity index (χ4v) is 2.14. The van der Waals surface area contributed by atoms with Crippen molar-refractivity contribution in [1.29, 1.82) is 0 Å². The molecule has 0 saturated carbocycles. The zero-order valence-corrected chi connectivity index (χ0v) is 11.9. The summed E-state index contributed by atoms with van der Waals surface area (Å²) in [6.45, 7) is 7.69. The topological polar surface area (TPSA) is 48.1 Å².